The zero-order chi connectivity index (χ0) is 30.5. The lowest BCUT2D eigenvalue weighted by Gasteiger charge is -2.16. The number of aromatic nitrogens is 5. The fraction of sp³-hybridized carbons (Fsp3) is 0.412. The molecule has 2 aliphatic rings. The van der Waals surface area contributed by atoms with Crippen LogP contribution >= 0.6 is 0 Å². The molecule has 5 aromatic rings. The Labute approximate surface area is 255 Å². The maximum absolute atomic E-state index is 12.7. The number of nitrogens with zero attached hydrogens (tertiary/aromatic N) is 5. The third-order valence-corrected chi connectivity index (χ3v) is 9.03. The highest BCUT2D eigenvalue weighted by atomic mass is 16.6. The first kappa shape index (κ1) is 28.6. The molecule has 3 N–H and O–H groups in total. The van der Waals surface area contributed by atoms with Crippen LogP contribution in [0.2, 0.25) is 0 Å². The molecule has 1 aliphatic carbocycles. The Morgan fingerprint density at radius 1 is 1.00 bits per heavy atom. The zero-order valence-corrected chi connectivity index (χ0v) is 25.3. The molecule has 0 spiro atoms. The number of carbonyl (C=O) groups excluding carboxylic acids is 1. The van der Waals surface area contributed by atoms with Crippen LogP contribution in [-0.2, 0) is 22.5 Å². The minimum atomic E-state index is -1.30. The van der Waals surface area contributed by atoms with E-state index in [1.54, 1.807) is 4.57 Å². The van der Waals surface area contributed by atoms with Crippen LogP contribution in [0, 0.1) is 26.7 Å². The summed E-state index contributed by atoms with van der Waals surface area (Å²) in [6, 6.07) is 13.2. The van der Waals surface area contributed by atoms with Crippen molar-refractivity contribution in [2.75, 3.05) is 11.9 Å². The van der Waals surface area contributed by atoms with Crippen molar-refractivity contribution < 1.29 is 19.7 Å². The van der Waals surface area contributed by atoms with Crippen LogP contribution in [0.4, 0.5) is 5.82 Å². The second-order valence-corrected chi connectivity index (χ2v) is 12.5. The number of rotatable bonds is 10. The van der Waals surface area contributed by atoms with Gasteiger partial charge < -0.3 is 24.8 Å². The summed E-state index contributed by atoms with van der Waals surface area (Å²) >= 11 is 0. The minimum absolute atomic E-state index is 0.173. The molecule has 0 bridgehead atoms. The van der Waals surface area contributed by atoms with Crippen LogP contribution in [0.3, 0.4) is 0 Å². The van der Waals surface area contributed by atoms with E-state index in [4.69, 9.17) is 4.74 Å². The van der Waals surface area contributed by atoms with E-state index < -0.39 is 24.5 Å². The number of hydrogen-bond donors (Lipinski definition) is 3. The molecule has 44 heavy (non-hydrogen) atoms. The van der Waals surface area contributed by atoms with Gasteiger partial charge >= 0.3 is 0 Å². The van der Waals surface area contributed by atoms with Gasteiger partial charge in [0.05, 0.1) is 6.33 Å². The van der Waals surface area contributed by atoms with E-state index in [1.807, 2.05) is 0 Å². The summed E-state index contributed by atoms with van der Waals surface area (Å²) in [6.45, 7) is 7.83. The molecular weight excluding hydrogens is 556 g/mol. The van der Waals surface area contributed by atoms with Gasteiger partial charge in [-0.05, 0) is 74.8 Å². The Bertz CT molecular complexity index is 1860. The lowest BCUT2D eigenvalue weighted by atomic mass is 10.0. The number of Topliss-reactive ketones (excluding diaryl/α,β-unsaturated/α-hetero) is 1. The first-order valence-corrected chi connectivity index (χ1v) is 15.4. The maximum atomic E-state index is 12.7. The summed E-state index contributed by atoms with van der Waals surface area (Å²) in [5.74, 6) is 0.759. The molecule has 1 saturated carbocycles. The number of fused-ring (bicyclic) bond motifs is 2. The summed E-state index contributed by atoms with van der Waals surface area (Å²) in [6.07, 6.45) is 3.77. The number of hydrogen-bond acceptors (Lipinski definition) is 8. The van der Waals surface area contributed by atoms with Crippen LogP contribution < -0.4 is 5.32 Å². The molecule has 10 heteroatoms. The predicted octanol–water partition coefficient (Wildman–Crippen LogP) is 4.40. The smallest absolute Gasteiger partial charge is 0.167 e. The number of nitrogens with one attached hydrogen (secondary N) is 1. The van der Waals surface area contributed by atoms with Crippen LogP contribution in [0.5, 0.6) is 0 Å². The normalized spacial score (nSPS) is 21.8. The molecule has 0 amide bonds. The lowest BCUT2D eigenvalue weighted by molar-refractivity contribution is -0.135. The second-order valence-electron chi connectivity index (χ2n) is 12.5. The van der Waals surface area contributed by atoms with E-state index >= 15 is 0 Å². The number of aliphatic hydroxyl groups excluding tert-OH is 2. The molecule has 7 rings (SSSR count). The standard InChI is InChI=1S/C34H38N6O4/c1-19-4-6-21(3)24(12-19)16-39-15-23(25-13-20(2)5-9-26(25)39)10-11-35-32-28-33(37-17-36-32)40(18-38-28)34-30(43)29(42)31(44-34)27(41)14-22-7-8-22/h4-6,9,12-13,15,17-18,22,29-31,34,42-43H,7-8,10-11,14,16H2,1-3H3,(H,35,36,37)/t29-,30+,31+,34+/m0/s1. The number of imidazole rings is 1. The molecule has 2 fully saturated rings. The van der Waals surface area contributed by atoms with E-state index in [-0.39, 0.29) is 5.78 Å². The van der Waals surface area contributed by atoms with Crippen LogP contribution in [0.1, 0.15) is 53.3 Å². The van der Waals surface area contributed by atoms with Crippen LogP contribution in [0.25, 0.3) is 22.1 Å². The van der Waals surface area contributed by atoms with E-state index in [9.17, 15) is 15.0 Å². The van der Waals surface area contributed by atoms with E-state index in [0.29, 0.717) is 35.9 Å². The Morgan fingerprint density at radius 2 is 1.80 bits per heavy atom. The number of aliphatic hydroxyl groups is 2. The van der Waals surface area contributed by atoms with Gasteiger partial charge in [-0.3, -0.25) is 9.36 Å². The largest absolute Gasteiger partial charge is 0.387 e. The zero-order valence-electron chi connectivity index (χ0n) is 25.3. The van der Waals surface area contributed by atoms with Crippen molar-refractivity contribution in [2.24, 2.45) is 5.92 Å². The Hall–Kier alpha value is -4.12. The van der Waals surface area contributed by atoms with Crippen LogP contribution in [-0.4, -0.2) is 64.9 Å². The summed E-state index contributed by atoms with van der Waals surface area (Å²) in [7, 11) is 0. The van der Waals surface area contributed by atoms with Gasteiger partial charge in [0.15, 0.2) is 29.0 Å². The molecule has 4 atom stereocenters. The molecular formula is C34H38N6O4. The minimum Gasteiger partial charge on any atom is -0.387 e. The van der Waals surface area contributed by atoms with E-state index in [2.05, 4.69) is 88.2 Å². The Morgan fingerprint density at radius 3 is 2.61 bits per heavy atom. The molecule has 4 heterocycles. The molecule has 1 aliphatic heterocycles. The van der Waals surface area contributed by atoms with Gasteiger partial charge in [-0.15, -0.1) is 0 Å². The molecule has 3 aromatic heterocycles. The van der Waals surface area contributed by atoms with Crippen molar-refractivity contribution in [3.05, 3.63) is 83.1 Å². The van der Waals surface area contributed by atoms with Gasteiger partial charge in [-0.25, -0.2) is 15.0 Å². The summed E-state index contributed by atoms with van der Waals surface area (Å²) in [5.41, 5.74) is 8.51. The first-order chi connectivity index (χ1) is 21.3. The monoisotopic (exact) mass is 594 g/mol. The van der Waals surface area contributed by atoms with Gasteiger partial charge in [-0.2, -0.15) is 0 Å². The Balaban J connectivity index is 1.09. The van der Waals surface area contributed by atoms with Crippen molar-refractivity contribution in [2.45, 2.75) is 77.5 Å². The lowest BCUT2D eigenvalue weighted by Crippen LogP contribution is -2.36. The Kier molecular flexibility index (Phi) is 7.44. The molecule has 0 unspecified atom stereocenters. The van der Waals surface area contributed by atoms with Crippen molar-refractivity contribution in [1.82, 2.24) is 24.1 Å². The van der Waals surface area contributed by atoms with Crippen LogP contribution in [0.15, 0.2) is 55.2 Å². The molecule has 0 radical (unpaired) electrons. The number of aryl methyl sites for hydroxylation is 3. The average Bonchev–Trinajstić information content (AvgIpc) is 3.50. The number of carbonyl (C=O) groups is 1. The highest BCUT2D eigenvalue weighted by Crippen LogP contribution is 2.37. The second kappa shape index (κ2) is 11.4. The first-order valence-electron chi connectivity index (χ1n) is 15.4. The van der Waals surface area contributed by atoms with Gasteiger partial charge in [-0.1, -0.05) is 35.4 Å². The SMILES string of the molecule is Cc1ccc(C)c(Cn2cc(CCNc3ncnc4c3ncn4[C@@H]3O[C@H](C(=O)CC4CC4)[C@@H](O)[C@H]3O)c3cc(C)ccc32)c1. The summed E-state index contributed by atoms with van der Waals surface area (Å²) in [4.78, 5) is 26.0. The molecule has 1 saturated heterocycles. The van der Waals surface area contributed by atoms with Gasteiger partial charge in [0.25, 0.3) is 0 Å². The summed E-state index contributed by atoms with van der Waals surface area (Å²) in [5, 5.41) is 26.1. The maximum Gasteiger partial charge on any atom is 0.167 e. The van der Waals surface area contributed by atoms with E-state index in [0.717, 1.165) is 25.8 Å². The molecule has 10 nitrogen and oxygen atoms in total. The quantitative estimate of drug-likeness (QED) is 0.217. The highest BCUT2D eigenvalue weighted by Gasteiger charge is 2.48. The third-order valence-electron chi connectivity index (χ3n) is 9.03. The van der Waals surface area contributed by atoms with Gasteiger partial charge in [0.1, 0.15) is 24.6 Å². The highest BCUT2D eigenvalue weighted by molar-refractivity contribution is 5.86. The molecule has 2 aromatic carbocycles. The van der Waals surface area contributed by atoms with Crippen molar-refractivity contribution in [1.29, 1.82) is 0 Å². The number of anilines is 1. The number of ketones is 1. The third kappa shape index (κ3) is 5.38. The van der Waals surface area contributed by atoms with Crippen molar-refractivity contribution >= 4 is 33.7 Å². The van der Waals surface area contributed by atoms with Crippen molar-refractivity contribution in [3.8, 4) is 0 Å². The number of ether oxygens (including phenoxy) is 1. The van der Waals surface area contributed by atoms with Crippen molar-refractivity contribution in [3.63, 3.8) is 0 Å². The predicted molar refractivity (Wildman–Crippen MR) is 167 cm³/mol. The summed E-state index contributed by atoms with van der Waals surface area (Å²) < 4.78 is 9.81. The number of benzene rings is 2. The van der Waals surface area contributed by atoms with Gasteiger partial charge in [0, 0.05) is 36.6 Å². The average molecular weight is 595 g/mol. The fourth-order valence-electron chi connectivity index (χ4n) is 6.33. The fourth-order valence-corrected chi connectivity index (χ4v) is 6.33. The topological polar surface area (TPSA) is 127 Å². The van der Waals surface area contributed by atoms with E-state index in [1.165, 1.54) is 51.4 Å². The molecule has 228 valence electrons. The van der Waals surface area contributed by atoms with Gasteiger partial charge in [0.2, 0.25) is 0 Å².